The van der Waals surface area contributed by atoms with Crippen molar-refractivity contribution in [2.45, 2.75) is 29.7 Å². The van der Waals surface area contributed by atoms with E-state index in [1.165, 1.54) is 21.3 Å². The second kappa shape index (κ2) is 11.1. The largest absolute Gasteiger partial charge is 0.493 e. The van der Waals surface area contributed by atoms with E-state index in [4.69, 9.17) is 9.47 Å². The van der Waals surface area contributed by atoms with E-state index in [1.54, 1.807) is 36.4 Å². The fourth-order valence-corrected chi connectivity index (χ4v) is 6.76. The van der Waals surface area contributed by atoms with Crippen molar-refractivity contribution in [2.24, 2.45) is 0 Å². The normalized spacial score (nSPS) is 18.6. The quantitative estimate of drug-likeness (QED) is 0.312. The van der Waals surface area contributed by atoms with E-state index in [2.05, 4.69) is 0 Å². The zero-order valence-corrected chi connectivity index (χ0v) is 23.8. The third-order valence-electron chi connectivity index (χ3n) is 7.05. The average molecular weight is 603 g/mol. The van der Waals surface area contributed by atoms with Crippen LogP contribution in [0.5, 0.6) is 11.5 Å². The van der Waals surface area contributed by atoms with Crippen molar-refractivity contribution in [1.29, 1.82) is 0 Å². The number of nitrogens with zero attached hydrogens (tertiary/aromatic N) is 2. The number of rotatable bonds is 11. The number of fused-ring (bicyclic) bond motifs is 1. The molecule has 2 aliphatic rings. The maximum absolute atomic E-state index is 13.4. The number of aliphatic hydroxyl groups is 2. The number of benzene rings is 3. The summed E-state index contributed by atoms with van der Waals surface area (Å²) in [4.78, 5) is 14.0. The maximum atomic E-state index is 13.4. The summed E-state index contributed by atoms with van der Waals surface area (Å²) in [5, 5.41) is 21.4. The molecule has 2 aliphatic heterocycles. The number of carbonyl (C=O) groups excluding carboxylic acids is 1. The zero-order valence-electron chi connectivity index (χ0n) is 22.2. The molecule has 0 aliphatic carbocycles. The molecule has 2 N–H and O–H groups in total. The van der Waals surface area contributed by atoms with Gasteiger partial charge >= 0.3 is 0 Å². The molecule has 0 unspecified atom stereocenters. The molecular formula is C28H30N2O9S2. The number of anilines is 1. The van der Waals surface area contributed by atoms with E-state index < -0.39 is 31.6 Å². The van der Waals surface area contributed by atoms with Gasteiger partial charge in [0.1, 0.15) is 24.7 Å². The first-order chi connectivity index (χ1) is 19.4. The van der Waals surface area contributed by atoms with Crippen LogP contribution in [0.25, 0.3) is 0 Å². The third kappa shape index (κ3) is 6.09. The minimum Gasteiger partial charge on any atom is -0.493 e. The van der Waals surface area contributed by atoms with Crippen molar-refractivity contribution in [3.8, 4) is 11.5 Å². The summed E-state index contributed by atoms with van der Waals surface area (Å²) in [6.45, 7) is 0.448. The number of sulfone groups is 1. The Balaban J connectivity index is 1.30. The number of hydrogen-bond acceptors (Lipinski definition) is 9. The molecule has 5 rings (SSSR count). The van der Waals surface area contributed by atoms with Crippen LogP contribution in [0.3, 0.4) is 0 Å². The van der Waals surface area contributed by atoms with Gasteiger partial charge < -0.3 is 24.6 Å². The summed E-state index contributed by atoms with van der Waals surface area (Å²) >= 11 is 0. The van der Waals surface area contributed by atoms with E-state index in [9.17, 15) is 31.8 Å². The van der Waals surface area contributed by atoms with Gasteiger partial charge in [0.25, 0.3) is 11.7 Å². The number of hydrogen-bond donors (Lipinski definition) is 2. The smallest absolute Gasteiger partial charge is 0.292 e. The van der Waals surface area contributed by atoms with Crippen LogP contribution in [-0.4, -0.2) is 75.1 Å². The fraction of sp³-hybridized carbons (Fsp3) is 0.321. The minimum absolute atomic E-state index is 0.00280. The van der Waals surface area contributed by atoms with E-state index in [0.717, 1.165) is 12.3 Å². The molecule has 1 amide bonds. The number of sulfonamides is 1. The molecular weight excluding hydrogens is 572 g/mol. The second-order valence-corrected chi connectivity index (χ2v) is 14.2. The van der Waals surface area contributed by atoms with Gasteiger partial charge in [-0.05, 0) is 54.4 Å². The van der Waals surface area contributed by atoms with Gasteiger partial charge in [0.2, 0.25) is 10.0 Å². The maximum Gasteiger partial charge on any atom is 0.292 e. The molecule has 0 aromatic heterocycles. The molecule has 0 radical (unpaired) electrons. The van der Waals surface area contributed by atoms with Crippen molar-refractivity contribution >= 4 is 31.5 Å². The Morgan fingerprint density at radius 3 is 2.24 bits per heavy atom. The molecule has 11 nitrogen and oxygen atoms in total. The summed E-state index contributed by atoms with van der Waals surface area (Å²) in [6, 6.07) is 19.1. The predicted molar refractivity (Wildman–Crippen MR) is 150 cm³/mol. The van der Waals surface area contributed by atoms with Gasteiger partial charge in [-0.3, -0.25) is 4.79 Å². The van der Waals surface area contributed by atoms with Gasteiger partial charge in [0, 0.05) is 18.4 Å². The van der Waals surface area contributed by atoms with Crippen molar-refractivity contribution in [1.82, 2.24) is 4.31 Å². The standard InChI is InChI=1S/C28H30N2O9S2/c1-40(34,35)16-15-38-23-9-7-20(8-10-23)18-29-26-12-11-24(17-25(26)28(32,33)27(29)31)41(36,37)30-14-13-21(30)19-39-22-5-3-2-4-6-22/h2-12,17,21,32-33H,13-16,18-19H2,1H3/t21-/m0/s1. The highest BCUT2D eigenvalue weighted by Crippen LogP contribution is 2.41. The molecule has 3 aromatic carbocycles. The molecule has 41 heavy (non-hydrogen) atoms. The lowest BCUT2D eigenvalue weighted by Gasteiger charge is -2.39. The summed E-state index contributed by atoms with van der Waals surface area (Å²) in [5.74, 6) is -2.96. The molecule has 2 heterocycles. The van der Waals surface area contributed by atoms with Crippen molar-refractivity contribution < 1.29 is 41.3 Å². The lowest BCUT2D eigenvalue weighted by Crippen LogP contribution is -2.53. The highest BCUT2D eigenvalue weighted by molar-refractivity contribution is 7.90. The SMILES string of the molecule is CS(=O)(=O)CCOc1ccc(CN2C(=O)C(O)(O)c3cc(S(=O)(=O)N4CC[C@H]4COc4ccccc4)ccc32)cc1. The van der Waals surface area contributed by atoms with Gasteiger partial charge in [0.15, 0.2) is 9.84 Å². The first-order valence-electron chi connectivity index (χ1n) is 12.9. The molecule has 218 valence electrons. The summed E-state index contributed by atoms with van der Waals surface area (Å²) in [7, 11) is -7.15. The Hall–Kier alpha value is -3.49. The molecule has 3 aromatic rings. The summed E-state index contributed by atoms with van der Waals surface area (Å²) < 4.78 is 61.9. The van der Waals surface area contributed by atoms with Crippen LogP contribution >= 0.6 is 0 Å². The van der Waals surface area contributed by atoms with Gasteiger partial charge in [-0.15, -0.1) is 0 Å². The van der Waals surface area contributed by atoms with Crippen LogP contribution in [0.1, 0.15) is 17.5 Å². The minimum atomic E-state index is -3.99. The van der Waals surface area contributed by atoms with Gasteiger partial charge in [0.05, 0.1) is 28.9 Å². The Morgan fingerprint density at radius 1 is 0.927 bits per heavy atom. The predicted octanol–water partition coefficient (Wildman–Crippen LogP) is 1.64. The Morgan fingerprint density at radius 2 is 1.61 bits per heavy atom. The summed E-state index contributed by atoms with van der Waals surface area (Å²) in [5.41, 5.74) is 0.595. The van der Waals surface area contributed by atoms with Crippen LogP contribution in [0.4, 0.5) is 5.69 Å². The molecule has 0 bridgehead atoms. The lowest BCUT2D eigenvalue weighted by atomic mass is 10.1. The molecule has 1 saturated heterocycles. The van der Waals surface area contributed by atoms with Crippen molar-refractivity contribution in [3.63, 3.8) is 0 Å². The number of ether oxygens (including phenoxy) is 2. The molecule has 1 atom stereocenters. The lowest BCUT2D eigenvalue weighted by molar-refractivity contribution is -0.183. The second-order valence-electron chi connectivity index (χ2n) is 10.0. The van der Waals surface area contributed by atoms with Crippen molar-refractivity contribution in [2.75, 3.05) is 36.7 Å². The monoisotopic (exact) mass is 602 g/mol. The Kier molecular flexibility index (Phi) is 7.83. The molecule has 1 fully saturated rings. The molecule has 13 heteroatoms. The molecule has 0 spiro atoms. The highest BCUT2D eigenvalue weighted by Gasteiger charge is 2.50. The zero-order chi connectivity index (χ0) is 29.4. The summed E-state index contributed by atoms with van der Waals surface area (Å²) in [6.07, 6.45) is 1.74. The van der Waals surface area contributed by atoms with E-state index >= 15 is 0 Å². The first-order valence-corrected chi connectivity index (χ1v) is 16.4. The third-order valence-corrected chi connectivity index (χ3v) is 9.90. The highest BCUT2D eigenvalue weighted by atomic mass is 32.2. The van der Waals surface area contributed by atoms with Gasteiger partial charge in [-0.25, -0.2) is 16.8 Å². The topological polar surface area (TPSA) is 151 Å². The van der Waals surface area contributed by atoms with Crippen molar-refractivity contribution in [3.05, 3.63) is 83.9 Å². The van der Waals surface area contributed by atoms with E-state index in [-0.39, 0.29) is 47.7 Å². The first kappa shape index (κ1) is 29.0. The Labute approximate surface area is 238 Å². The Bertz CT molecular complexity index is 1640. The van der Waals surface area contributed by atoms with E-state index in [0.29, 0.717) is 30.0 Å². The number of para-hydroxylation sites is 1. The van der Waals surface area contributed by atoms with Gasteiger partial charge in [-0.2, -0.15) is 4.31 Å². The van der Waals surface area contributed by atoms with Gasteiger partial charge in [-0.1, -0.05) is 30.3 Å². The van der Waals surface area contributed by atoms with Crippen LogP contribution in [0.2, 0.25) is 0 Å². The average Bonchev–Trinajstić information content (AvgIpc) is 3.09. The van der Waals surface area contributed by atoms with Crippen LogP contribution in [0.15, 0.2) is 77.7 Å². The van der Waals surface area contributed by atoms with Crippen LogP contribution < -0.4 is 14.4 Å². The van der Waals surface area contributed by atoms with Crippen LogP contribution in [0, 0.1) is 0 Å². The van der Waals surface area contributed by atoms with Crippen LogP contribution in [-0.2, 0) is 37.0 Å². The number of amides is 1. The molecule has 0 saturated carbocycles. The fourth-order valence-electron chi connectivity index (χ4n) is 4.69. The number of carbonyl (C=O) groups is 1. The van der Waals surface area contributed by atoms with E-state index in [1.807, 2.05) is 18.2 Å².